The highest BCUT2D eigenvalue weighted by molar-refractivity contribution is 5.99. The van der Waals surface area contributed by atoms with Crippen LogP contribution in [0.5, 0.6) is 0 Å². The number of para-hydroxylation sites is 1. The van der Waals surface area contributed by atoms with Crippen LogP contribution in [0.15, 0.2) is 24.5 Å². The highest BCUT2D eigenvalue weighted by Crippen LogP contribution is 2.18. The average molecular weight is 263 g/mol. The van der Waals surface area contributed by atoms with E-state index < -0.39 is 5.82 Å². The van der Waals surface area contributed by atoms with E-state index in [-0.39, 0.29) is 17.2 Å². The summed E-state index contributed by atoms with van der Waals surface area (Å²) in [5, 5.41) is 11.8. The molecular weight excluding hydrogens is 249 g/mol. The summed E-state index contributed by atoms with van der Waals surface area (Å²) >= 11 is 0. The number of anilines is 1. The Morgan fingerprint density at radius 3 is 3.00 bits per heavy atom. The molecule has 2 rings (SSSR count). The second-order valence-electron chi connectivity index (χ2n) is 3.85. The van der Waals surface area contributed by atoms with E-state index >= 15 is 0 Å². The minimum atomic E-state index is -0.453. The zero-order valence-electron chi connectivity index (χ0n) is 10.4. The van der Waals surface area contributed by atoms with Gasteiger partial charge < -0.3 is 10.6 Å². The Labute approximate surface area is 109 Å². The van der Waals surface area contributed by atoms with Crippen LogP contribution in [-0.2, 0) is 6.42 Å². The molecule has 0 unspecified atom stereocenters. The van der Waals surface area contributed by atoms with Crippen molar-refractivity contribution in [2.75, 3.05) is 18.9 Å². The first kappa shape index (κ1) is 13.0. The third-order valence-electron chi connectivity index (χ3n) is 2.62. The van der Waals surface area contributed by atoms with E-state index in [2.05, 4.69) is 25.8 Å². The molecule has 0 aliphatic heterocycles. The molecule has 0 aliphatic carbocycles. The predicted octanol–water partition coefficient (Wildman–Crippen LogP) is 0.958. The fraction of sp³-hybridized carbons (Fsp3) is 0.250. The molecule has 100 valence electrons. The lowest BCUT2D eigenvalue weighted by molar-refractivity contribution is 0.0954. The van der Waals surface area contributed by atoms with Crippen molar-refractivity contribution in [3.05, 3.63) is 41.7 Å². The van der Waals surface area contributed by atoms with Gasteiger partial charge in [-0.15, -0.1) is 0 Å². The molecule has 3 N–H and O–H groups in total. The first-order valence-corrected chi connectivity index (χ1v) is 5.81. The highest BCUT2D eigenvalue weighted by Gasteiger charge is 2.13. The van der Waals surface area contributed by atoms with Crippen LogP contribution in [0.2, 0.25) is 0 Å². The molecule has 1 heterocycles. The Balaban J connectivity index is 1.98. The van der Waals surface area contributed by atoms with Crippen molar-refractivity contribution in [1.29, 1.82) is 0 Å². The molecule has 6 nitrogen and oxygen atoms in total. The maximum Gasteiger partial charge on any atom is 0.253 e. The van der Waals surface area contributed by atoms with E-state index in [0.717, 1.165) is 0 Å². The lowest BCUT2D eigenvalue weighted by Crippen LogP contribution is -2.27. The molecule has 0 bridgehead atoms. The summed E-state index contributed by atoms with van der Waals surface area (Å²) in [6, 6.07) is 4.37. The summed E-state index contributed by atoms with van der Waals surface area (Å²) in [7, 11) is 1.57. The van der Waals surface area contributed by atoms with E-state index in [4.69, 9.17) is 0 Å². The largest absolute Gasteiger partial charge is 0.385 e. The van der Waals surface area contributed by atoms with Crippen molar-refractivity contribution in [3.8, 4) is 0 Å². The maximum absolute atomic E-state index is 13.5. The number of aromatic nitrogens is 3. The normalized spacial score (nSPS) is 10.2. The van der Waals surface area contributed by atoms with Gasteiger partial charge in [-0.05, 0) is 12.1 Å². The van der Waals surface area contributed by atoms with Crippen molar-refractivity contribution >= 4 is 11.6 Å². The Kier molecular flexibility index (Phi) is 4.07. The number of carbonyl (C=O) groups excluding carboxylic acids is 1. The van der Waals surface area contributed by atoms with Gasteiger partial charge in [0.1, 0.15) is 18.0 Å². The van der Waals surface area contributed by atoms with E-state index in [1.165, 1.54) is 18.5 Å². The molecule has 19 heavy (non-hydrogen) atoms. The Bertz CT molecular complexity index is 555. The minimum absolute atomic E-state index is 0.194. The van der Waals surface area contributed by atoms with E-state index in [1.54, 1.807) is 13.1 Å². The fourth-order valence-corrected chi connectivity index (χ4v) is 1.71. The zero-order valence-corrected chi connectivity index (χ0v) is 10.4. The summed E-state index contributed by atoms with van der Waals surface area (Å²) in [6.45, 7) is 0.397. The number of benzene rings is 1. The molecule has 0 spiro atoms. The molecule has 0 fully saturated rings. The van der Waals surface area contributed by atoms with Gasteiger partial charge in [-0.1, -0.05) is 6.07 Å². The van der Waals surface area contributed by atoms with Gasteiger partial charge in [0.05, 0.1) is 11.3 Å². The van der Waals surface area contributed by atoms with Gasteiger partial charge in [-0.2, -0.15) is 5.10 Å². The van der Waals surface area contributed by atoms with Crippen molar-refractivity contribution in [1.82, 2.24) is 20.5 Å². The van der Waals surface area contributed by atoms with E-state index in [1.807, 2.05) is 0 Å². The lowest BCUT2D eigenvalue weighted by Gasteiger charge is -2.10. The van der Waals surface area contributed by atoms with Gasteiger partial charge in [0, 0.05) is 20.0 Å². The summed E-state index contributed by atoms with van der Waals surface area (Å²) < 4.78 is 13.5. The van der Waals surface area contributed by atoms with Crippen molar-refractivity contribution in [3.63, 3.8) is 0 Å². The first-order valence-electron chi connectivity index (χ1n) is 5.81. The molecule has 0 radical (unpaired) electrons. The number of aromatic amines is 1. The average Bonchev–Trinajstić information content (AvgIpc) is 2.91. The van der Waals surface area contributed by atoms with Gasteiger partial charge in [0.15, 0.2) is 0 Å². The van der Waals surface area contributed by atoms with Gasteiger partial charge in [-0.3, -0.25) is 9.89 Å². The second kappa shape index (κ2) is 5.94. The topological polar surface area (TPSA) is 82.7 Å². The van der Waals surface area contributed by atoms with Crippen LogP contribution in [0.25, 0.3) is 0 Å². The number of hydrogen-bond donors (Lipinski definition) is 3. The second-order valence-corrected chi connectivity index (χ2v) is 3.85. The quantitative estimate of drug-likeness (QED) is 0.750. The lowest BCUT2D eigenvalue weighted by atomic mass is 10.1. The van der Waals surface area contributed by atoms with Crippen molar-refractivity contribution < 1.29 is 9.18 Å². The SMILES string of the molecule is CNc1c(F)cccc1C(=O)NCCc1ncn[nH]1. The molecule has 1 aromatic carbocycles. The number of amides is 1. The van der Waals surface area contributed by atoms with Gasteiger partial charge in [0.25, 0.3) is 5.91 Å². The summed E-state index contributed by atoms with van der Waals surface area (Å²) in [5.41, 5.74) is 0.472. The van der Waals surface area contributed by atoms with Crippen LogP contribution in [0.1, 0.15) is 16.2 Å². The molecule has 0 aliphatic rings. The molecular formula is C12H14FN5O. The van der Waals surface area contributed by atoms with Crippen molar-refractivity contribution in [2.45, 2.75) is 6.42 Å². The standard InChI is InChI=1S/C12H14FN5O/c1-14-11-8(3-2-4-9(11)13)12(19)15-6-5-10-16-7-17-18-10/h2-4,7,14H,5-6H2,1H3,(H,15,19)(H,16,17,18). The molecule has 0 atom stereocenters. The summed E-state index contributed by atoms with van der Waals surface area (Å²) in [6.07, 6.45) is 1.94. The van der Waals surface area contributed by atoms with Crippen molar-refractivity contribution in [2.24, 2.45) is 0 Å². The monoisotopic (exact) mass is 263 g/mol. The molecule has 1 amide bonds. The number of rotatable bonds is 5. The molecule has 0 saturated carbocycles. The van der Waals surface area contributed by atoms with Crippen LogP contribution in [0, 0.1) is 5.82 Å². The molecule has 0 saturated heterocycles. The number of carbonyl (C=O) groups is 1. The number of halogens is 1. The fourth-order valence-electron chi connectivity index (χ4n) is 1.71. The molecule has 7 heteroatoms. The number of nitrogens with one attached hydrogen (secondary N) is 3. The highest BCUT2D eigenvalue weighted by atomic mass is 19.1. The summed E-state index contributed by atoms with van der Waals surface area (Å²) in [5.74, 6) is -0.0952. The number of hydrogen-bond acceptors (Lipinski definition) is 4. The summed E-state index contributed by atoms with van der Waals surface area (Å²) in [4.78, 5) is 15.9. The van der Waals surface area contributed by atoms with E-state index in [0.29, 0.717) is 18.8 Å². The molecule has 1 aromatic heterocycles. The number of H-pyrrole nitrogens is 1. The minimum Gasteiger partial charge on any atom is -0.385 e. The van der Waals surface area contributed by atoms with E-state index in [9.17, 15) is 9.18 Å². The first-order chi connectivity index (χ1) is 9.22. The van der Waals surface area contributed by atoms with Crippen LogP contribution in [0.4, 0.5) is 10.1 Å². The molecule has 2 aromatic rings. The Morgan fingerprint density at radius 1 is 1.47 bits per heavy atom. The van der Waals surface area contributed by atoms with Crippen LogP contribution in [-0.4, -0.2) is 34.7 Å². The Morgan fingerprint density at radius 2 is 2.32 bits per heavy atom. The van der Waals surface area contributed by atoms with Crippen LogP contribution >= 0.6 is 0 Å². The maximum atomic E-state index is 13.5. The smallest absolute Gasteiger partial charge is 0.253 e. The third-order valence-corrected chi connectivity index (χ3v) is 2.62. The predicted molar refractivity (Wildman–Crippen MR) is 68.4 cm³/mol. The zero-order chi connectivity index (χ0) is 13.7. The van der Waals surface area contributed by atoms with Gasteiger partial charge >= 0.3 is 0 Å². The third kappa shape index (κ3) is 3.06. The van der Waals surface area contributed by atoms with Crippen LogP contribution < -0.4 is 10.6 Å². The van der Waals surface area contributed by atoms with Gasteiger partial charge in [0.2, 0.25) is 0 Å². The number of nitrogens with zero attached hydrogens (tertiary/aromatic N) is 2. The Hall–Kier alpha value is -2.44. The van der Waals surface area contributed by atoms with Gasteiger partial charge in [-0.25, -0.2) is 9.37 Å². The van der Waals surface area contributed by atoms with Crippen LogP contribution in [0.3, 0.4) is 0 Å².